The van der Waals surface area contributed by atoms with Gasteiger partial charge in [0, 0.05) is 101 Å². The van der Waals surface area contributed by atoms with Crippen molar-refractivity contribution in [3.8, 4) is 11.1 Å². The van der Waals surface area contributed by atoms with Gasteiger partial charge in [-0.2, -0.15) is 0 Å². The number of benzene rings is 7. The molecule has 0 N–H and O–H groups in total. The Morgan fingerprint density at radius 2 is 0.948 bits per heavy atom. The van der Waals surface area contributed by atoms with E-state index in [0.717, 1.165) is 130 Å². The Labute approximate surface area is 455 Å². The Morgan fingerprint density at radius 3 is 1.47 bits per heavy atom. The standard InChI is InChI=1S/C36H38N4O.C31H36N4O/c1-2-3-14-32-25-39(36(41)35-16-9-13-31-12-7-8-15-34(31)35)22-21-38(32)26-33-23-37-27-40(33)24-28-17-19-30(20-18-28)29-10-5-4-6-11-29;1-3-4-13-27-21-34(31(36)30-15-8-12-26-11-5-6-14-29(26)30)17-16-33(27)22-28-19-32-23-35(28)20-25-10-7-9-24(2)18-25/h4-13,15-20,23,27,32H,2-3,14,21-22,24-26H2,1H3;5-12,14-15,18-19,23,27H,3-4,13,16-17,20-22H2,1-2H3/t32-;27-/m00/s1. The summed E-state index contributed by atoms with van der Waals surface area (Å²) in [6, 6.07) is 57.1. The summed E-state index contributed by atoms with van der Waals surface area (Å²) in [4.78, 5) is 45.6. The van der Waals surface area contributed by atoms with Crippen molar-refractivity contribution < 1.29 is 9.59 Å². The van der Waals surface area contributed by atoms with E-state index in [-0.39, 0.29) is 11.8 Å². The highest BCUT2D eigenvalue weighted by Crippen LogP contribution is 2.27. The number of imidazole rings is 2. The summed E-state index contributed by atoms with van der Waals surface area (Å²) in [7, 11) is 0. The van der Waals surface area contributed by atoms with E-state index in [1.807, 2.05) is 79.6 Å². The summed E-state index contributed by atoms with van der Waals surface area (Å²) < 4.78 is 4.53. The summed E-state index contributed by atoms with van der Waals surface area (Å²) in [5, 5.41) is 4.31. The number of aryl methyl sites for hydroxylation is 1. The van der Waals surface area contributed by atoms with Crippen LogP contribution in [0, 0.1) is 6.92 Å². The van der Waals surface area contributed by atoms with Gasteiger partial charge in [-0.25, -0.2) is 9.97 Å². The molecular weight excluding hydrogens is 949 g/mol. The second kappa shape index (κ2) is 25.5. The van der Waals surface area contributed by atoms with E-state index in [2.05, 4.69) is 169 Å². The van der Waals surface area contributed by atoms with E-state index in [0.29, 0.717) is 12.1 Å². The van der Waals surface area contributed by atoms with Crippen LogP contribution in [0.4, 0.5) is 0 Å². The van der Waals surface area contributed by atoms with Crippen LogP contribution in [0.2, 0.25) is 0 Å². The van der Waals surface area contributed by atoms with Crippen molar-refractivity contribution in [3.63, 3.8) is 0 Å². The summed E-state index contributed by atoms with van der Waals surface area (Å²) in [6.45, 7) is 14.7. The number of carbonyl (C=O) groups is 2. The van der Waals surface area contributed by atoms with Gasteiger partial charge in [-0.15, -0.1) is 0 Å². The molecule has 2 fully saturated rings. The Balaban J connectivity index is 0.000000176. The SMILES string of the molecule is CCCC[C@H]1CN(C(=O)c2cccc3ccccc23)CCN1Cc1cncn1Cc1ccc(-c2ccccc2)cc1.CCCC[C@H]1CN(C(=O)c2cccc3ccccc23)CCN1Cc1cncn1Cc1cccc(C)c1. The number of aromatic nitrogens is 4. The number of nitrogens with zero attached hydrogens (tertiary/aromatic N) is 8. The van der Waals surface area contributed by atoms with E-state index in [1.165, 1.54) is 45.6 Å². The average Bonchev–Trinajstić information content (AvgIpc) is 4.13. The zero-order chi connectivity index (χ0) is 52.9. The first kappa shape index (κ1) is 52.8. The monoisotopic (exact) mass is 1020 g/mol. The van der Waals surface area contributed by atoms with Gasteiger partial charge < -0.3 is 18.9 Å². The molecule has 10 heteroatoms. The molecule has 0 unspecified atom stereocenters. The third-order valence-corrected chi connectivity index (χ3v) is 15.8. The van der Waals surface area contributed by atoms with Crippen molar-refractivity contribution in [2.75, 3.05) is 39.3 Å². The fraction of sp³-hybridized carbons (Fsp3) is 0.313. The number of hydrogen-bond acceptors (Lipinski definition) is 6. The predicted molar refractivity (Wildman–Crippen MR) is 313 cm³/mol. The third kappa shape index (κ3) is 13.0. The van der Waals surface area contributed by atoms with Crippen LogP contribution in [0.5, 0.6) is 0 Å². The molecule has 2 amide bonds. The van der Waals surface area contributed by atoms with Crippen LogP contribution in [0.25, 0.3) is 32.7 Å². The third-order valence-electron chi connectivity index (χ3n) is 15.8. The fourth-order valence-corrected chi connectivity index (χ4v) is 11.5. The second-order valence-corrected chi connectivity index (χ2v) is 21.2. The van der Waals surface area contributed by atoms with Crippen LogP contribution in [0.15, 0.2) is 189 Å². The zero-order valence-corrected chi connectivity index (χ0v) is 45.3. The minimum absolute atomic E-state index is 0.145. The normalized spacial score (nSPS) is 16.1. The maximum Gasteiger partial charge on any atom is 0.254 e. The highest BCUT2D eigenvalue weighted by atomic mass is 16.2. The van der Waals surface area contributed by atoms with E-state index < -0.39 is 0 Å². The van der Waals surface area contributed by atoms with Gasteiger partial charge in [0.1, 0.15) is 0 Å². The molecule has 2 aromatic heterocycles. The number of fused-ring (bicyclic) bond motifs is 2. The Bertz CT molecular complexity index is 3350. The van der Waals surface area contributed by atoms with Crippen molar-refractivity contribution in [2.45, 2.75) is 97.6 Å². The predicted octanol–water partition coefficient (Wildman–Crippen LogP) is 13.2. The molecule has 0 spiro atoms. The molecule has 2 aliphatic heterocycles. The summed E-state index contributed by atoms with van der Waals surface area (Å²) >= 11 is 0. The summed E-state index contributed by atoms with van der Waals surface area (Å²) in [5.41, 5.74) is 10.4. The van der Waals surface area contributed by atoms with Crippen LogP contribution in [-0.2, 0) is 26.2 Å². The van der Waals surface area contributed by atoms with Crippen molar-refractivity contribution in [2.24, 2.45) is 0 Å². The lowest BCUT2D eigenvalue weighted by Gasteiger charge is -2.41. The molecule has 394 valence electrons. The van der Waals surface area contributed by atoms with Crippen molar-refractivity contribution in [1.29, 1.82) is 0 Å². The van der Waals surface area contributed by atoms with Gasteiger partial charge in [0.05, 0.1) is 24.0 Å². The van der Waals surface area contributed by atoms with Gasteiger partial charge in [0.2, 0.25) is 0 Å². The minimum Gasteiger partial charge on any atom is -0.336 e. The minimum atomic E-state index is 0.145. The van der Waals surface area contributed by atoms with Gasteiger partial charge in [-0.3, -0.25) is 19.4 Å². The van der Waals surface area contributed by atoms with Crippen LogP contribution in [0.1, 0.15) is 101 Å². The quantitative estimate of drug-likeness (QED) is 0.0904. The van der Waals surface area contributed by atoms with E-state index in [4.69, 9.17) is 0 Å². The van der Waals surface area contributed by atoms with Crippen molar-refractivity contribution in [1.82, 2.24) is 38.7 Å². The molecule has 0 bridgehead atoms. The molecule has 2 atom stereocenters. The molecule has 2 saturated heterocycles. The van der Waals surface area contributed by atoms with Crippen LogP contribution in [0.3, 0.4) is 0 Å². The number of carbonyl (C=O) groups excluding carboxylic acids is 2. The zero-order valence-electron chi connectivity index (χ0n) is 45.3. The molecule has 2 aliphatic rings. The highest BCUT2D eigenvalue weighted by Gasteiger charge is 2.32. The molecule has 11 rings (SSSR count). The number of hydrogen-bond donors (Lipinski definition) is 0. The number of piperazine rings is 2. The summed E-state index contributed by atoms with van der Waals surface area (Å²) in [6.07, 6.45) is 14.7. The van der Waals surface area contributed by atoms with Crippen LogP contribution >= 0.6 is 0 Å². The summed E-state index contributed by atoms with van der Waals surface area (Å²) in [5.74, 6) is 0.296. The van der Waals surface area contributed by atoms with Crippen LogP contribution in [-0.4, -0.2) is 102 Å². The van der Waals surface area contributed by atoms with Gasteiger partial charge in [0.25, 0.3) is 11.8 Å². The Hall–Kier alpha value is -7.66. The Morgan fingerprint density at radius 1 is 0.481 bits per heavy atom. The molecular formula is C67H74N8O2. The molecule has 4 heterocycles. The molecule has 0 saturated carbocycles. The van der Waals surface area contributed by atoms with E-state index in [9.17, 15) is 9.59 Å². The molecule has 0 aliphatic carbocycles. The number of amides is 2. The maximum absolute atomic E-state index is 13.7. The first-order chi connectivity index (χ1) is 37.8. The fourth-order valence-electron chi connectivity index (χ4n) is 11.5. The largest absolute Gasteiger partial charge is 0.336 e. The van der Waals surface area contributed by atoms with Gasteiger partial charge in [0.15, 0.2) is 0 Å². The van der Waals surface area contributed by atoms with Crippen molar-refractivity contribution in [3.05, 3.63) is 228 Å². The molecule has 0 radical (unpaired) electrons. The van der Waals surface area contributed by atoms with Gasteiger partial charge in [-0.1, -0.05) is 197 Å². The lowest BCUT2D eigenvalue weighted by Crippen LogP contribution is -2.54. The van der Waals surface area contributed by atoms with Gasteiger partial charge in [-0.05, 0) is 75.7 Å². The smallest absolute Gasteiger partial charge is 0.254 e. The highest BCUT2D eigenvalue weighted by molar-refractivity contribution is 6.08. The lowest BCUT2D eigenvalue weighted by molar-refractivity contribution is 0.0425. The average molecular weight is 1020 g/mol. The number of rotatable bonds is 17. The first-order valence-corrected chi connectivity index (χ1v) is 28.0. The lowest BCUT2D eigenvalue weighted by atomic mass is 10.0. The molecule has 7 aromatic carbocycles. The molecule has 9 aromatic rings. The maximum atomic E-state index is 13.7. The Kier molecular flexibility index (Phi) is 17.4. The molecule has 10 nitrogen and oxygen atoms in total. The van der Waals surface area contributed by atoms with Gasteiger partial charge >= 0.3 is 0 Å². The van der Waals surface area contributed by atoms with E-state index in [1.54, 1.807) is 0 Å². The topological polar surface area (TPSA) is 82.7 Å². The number of unbranched alkanes of at least 4 members (excludes halogenated alkanes) is 2. The second-order valence-electron chi connectivity index (χ2n) is 21.2. The van der Waals surface area contributed by atoms with E-state index >= 15 is 0 Å². The first-order valence-electron chi connectivity index (χ1n) is 28.0. The van der Waals surface area contributed by atoms with Crippen molar-refractivity contribution >= 4 is 33.4 Å². The van der Waals surface area contributed by atoms with Crippen LogP contribution < -0.4 is 0 Å². The molecule has 77 heavy (non-hydrogen) atoms.